The molecule has 0 bridgehead atoms. The summed E-state index contributed by atoms with van der Waals surface area (Å²) in [5, 5.41) is 7.36. The zero-order valence-electron chi connectivity index (χ0n) is 9.65. The summed E-state index contributed by atoms with van der Waals surface area (Å²) in [6.45, 7) is 0.445. The molecule has 1 aromatic carbocycles. The normalized spacial score (nSPS) is 10.4. The molecule has 6 heteroatoms. The average Bonchev–Trinajstić information content (AvgIpc) is 2.75. The predicted molar refractivity (Wildman–Crippen MR) is 73.5 cm³/mol. The van der Waals surface area contributed by atoms with Crippen molar-refractivity contribution in [3.63, 3.8) is 0 Å². The second-order valence-electron chi connectivity index (χ2n) is 3.83. The number of carbonyl (C=O) groups is 1. The Balaban J connectivity index is 2.01. The molecule has 0 radical (unpaired) electrons. The molecule has 94 valence electrons. The van der Waals surface area contributed by atoms with Crippen LogP contribution in [0.25, 0.3) is 0 Å². The minimum absolute atomic E-state index is 0.159. The van der Waals surface area contributed by atoms with Crippen molar-refractivity contribution in [2.24, 2.45) is 7.05 Å². The van der Waals surface area contributed by atoms with Gasteiger partial charge in [-0.2, -0.15) is 5.10 Å². The van der Waals surface area contributed by atoms with E-state index in [1.165, 1.54) is 0 Å². The van der Waals surface area contributed by atoms with E-state index >= 15 is 0 Å². The van der Waals surface area contributed by atoms with E-state index in [1.807, 2.05) is 13.2 Å². The van der Waals surface area contributed by atoms with Crippen LogP contribution in [0.15, 0.2) is 35.1 Å². The predicted octanol–water partition coefficient (Wildman–Crippen LogP) is 2.77. The topological polar surface area (TPSA) is 46.9 Å². The standard InChI is InChI=1S/C12H11BrClN3O/c1-17-7-8(6-16-17)5-15-12(18)9-2-3-10(13)11(14)4-9/h2-4,6-7H,5H2,1H3,(H,15,18). The molecule has 0 saturated heterocycles. The maximum atomic E-state index is 11.9. The van der Waals surface area contributed by atoms with E-state index in [0.717, 1.165) is 10.0 Å². The number of rotatable bonds is 3. The quantitative estimate of drug-likeness (QED) is 0.942. The van der Waals surface area contributed by atoms with Crippen LogP contribution in [-0.2, 0) is 13.6 Å². The number of nitrogens with one attached hydrogen (secondary N) is 1. The molecule has 0 unspecified atom stereocenters. The molecule has 0 aliphatic rings. The molecule has 0 aliphatic heterocycles. The average molecular weight is 329 g/mol. The van der Waals surface area contributed by atoms with Crippen LogP contribution in [0.2, 0.25) is 5.02 Å². The van der Waals surface area contributed by atoms with Gasteiger partial charge in [0.2, 0.25) is 0 Å². The first-order valence-corrected chi connectivity index (χ1v) is 6.44. The number of hydrogen-bond donors (Lipinski definition) is 1. The van der Waals surface area contributed by atoms with Gasteiger partial charge in [-0.1, -0.05) is 11.6 Å². The van der Waals surface area contributed by atoms with Crippen LogP contribution in [0.3, 0.4) is 0 Å². The van der Waals surface area contributed by atoms with E-state index in [2.05, 4.69) is 26.3 Å². The van der Waals surface area contributed by atoms with Crippen LogP contribution >= 0.6 is 27.5 Å². The first-order valence-electron chi connectivity index (χ1n) is 5.27. The molecule has 0 atom stereocenters. The molecule has 1 heterocycles. The molecule has 0 aliphatic carbocycles. The summed E-state index contributed by atoms with van der Waals surface area (Å²) in [5.74, 6) is -0.159. The fraction of sp³-hybridized carbons (Fsp3) is 0.167. The Labute approximate surface area is 118 Å². The molecule has 0 spiro atoms. The molecule has 1 amide bonds. The summed E-state index contributed by atoms with van der Waals surface area (Å²) in [6, 6.07) is 5.10. The highest BCUT2D eigenvalue weighted by atomic mass is 79.9. The molecule has 4 nitrogen and oxygen atoms in total. The number of aromatic nitrogens is 2. The van der Waals surface area contributed by atoms with Gasteiger partial charge in [0.1, 0.15) is 0 Å². The van der Waals surface area contributed by atoms with Gasteiger partial charge in [-0.15, -0.1) is 0 Å². The molecular formula is C12H11BrClN3O. The lowest BCUT2D eigenvalue weighted by Gasteiger charge is -2.04. The zero-order valence-corrected chi connectivity index (χ0v) is 12.0. The Bertz CT molecular complexity index is 582. The van der Waals surface area contributed by atoms with Gasteiger partial charge in [0.15, 0.2) is 0 Å². The number of nitrogens with zero attached hydrogens (tertiary/aromatic N) is 2. The number of halogens is 2. The zero-order chi connectivity index (χ0) is 13.1. The van der Waals surface area contributed by atoms with Gasteiger partial charge >= 0.3 is 0 Å². The summed E-state index contributed by atoms with van der Waals surface area (Å²) in [5.41, 5.74) is 1.49. The Morgan fingerprint density at radius 2 is 2.33 bits per heavy atom. The van der Waals surface area contributed by atoms with Gasteiger partial charge in [-0.05, 0) is 34.1 Å². The maximum Gasteiger partial charge on any atom is 0.251 e. The van der Waals surface area contributed by atoms with Crippen molar-refractivity contribution in [1.29, 1.82) is 0 Å². The third-order valence-electron chi connectivity index (χ3n) is 2.39. The van der Waals surface area contributed by atoms with Crippen molar-refractivity contribution in [1.82, 2.24) is 15.1 Å². The minimum atomic E-state index is -0.159. The van der Waals surface area contributed by atoms with E-state index in [4.69, 9.17) is 11.6 Å². The highest BCUT2D eigenvalue weighted by Gasteiger charge is 2.07. The van der Waals surface area contributed by atoms with Gasteiger partial charge < -0.3 is 5.32 Å². The van der Waals surface area contributed by atoms with E-state index in [0.29, 0.717) is 17.1 Å². The van der Waals surface area contributed by atoms with Crippen molar-refractivity contribution in [2.75, 3.05) is 0 Å². The molecule has 1 aromatic heterocycles. The Morgan fingerprint density at radius 3 is 2.94 bits per heavy atom. The van der Waals surface area contributed by atoms with Gasteiger partial charge in [-0.3, -0.25) is 9.48 Å². The maximum absolute atomic E-state index is 11.9. The highest BCUT2D eigenvalue weighted by Crippen LogP contribution is 2.23. The van der Waals surface area contributed by atoms with E-state index in [-0.39, 0.29) is 5.91 Å². The van der Waals surface area contributed by atoms with Crippen molar-refractivity contribution in [3.8, 4) is 0 Å². The Kier molecular flexibility index (Phi) is 4.04. The SMILES string of the molecule is Cn1cc(CNC(=O)c2ccc(Br)c(Cl)c2)cn1. The van der Waals surface area contributed by atoms with E-state index < -0.39 is 0 Å². The largest absolute Gasteiger partial charge is 0.348 e. The number of hydrogen-bond acceptors (Lipinski definition) is 2. The fourth-order valence-electron chi connectivity index (χ4n) is 1.48. The van der Waals surface area contributed by atoms with Crippen molar-refractivity contribution in [3.05, 3.63) is 51.2 Å². The summed E-state index contributed by atoms with van der Waals surface area (Å²) in [6.07, 6.45) is 3.57. The van der Waals surface area contributed by atoms with Crippen molar-refractivity contribution in [2.45, 2.75) is 6.54 Å². The van der Waals surface area contributed by atoms with Gasteiger partial charge in [-0.25, -0.2) is 0 Å². The van der Waals surface area contributed by atoms with Crippen LogP contribution in [0.1, 0.15) is 15.9 Å². The third kappa shape index (κ3) is 3.11. The minimum Gasteiger partial charge on any atom is -0.348 e. The Morgan fingerprint density at radius 1 is 1.56 bits per heavy atom. The second kappa shape index (κ2) is 5.54. The van der Waals surface area contributed by atoms with Crippen LogP contribution in [-0.4, -0.2) is 15.7 Å². The smallest absolute Gasteiger partial charge is 0.251 e. The molecule has 2 rings (SSSR count). The molecular weight excluding hydrogens is 318 g/mol. The third-order valence-corrected chi connectivity index (χ3v) is 3.63. The van der Waals surface area contributed by atoms with E-state index in [1.54, 1.807) is 29.1 Å². The van der Waals surface area contributed by atoms with Crippen LogP contribution in [0.4, 0.5) is 0 Å². The first kappa shape index (κ1) is 13.1. The lowest BCUT2D eigenvalue weighted by molar-refractivity contribution is 0.0951. The number of benzene rings is 1. The first-order chi connectivity index (χ1) is 8.56. The van der Waals surface area contributed by atoms with Crippen LogP contribution in [0, 0.1) is 0 Å². The summed E-state index contributed by atoms with van der Waals surface area (Å²) in [7, 11) is 1.83. The van der Waals surface area contributed by atoms with Crippen LogP contribution < -0.4 is 5.32 Å². The lowest BCUT2D eigenvalue weighted by atomic mass is 10.2. The summed E-state index contributed by atoms with van der Waals surface area (Å²) in [4.78, 5) is 11.9. The molecule has 18 heavy (non-hydrogen) atoms. The summed E-state index contributed by atoms with van der Waals surface area (Å²) >= 11 is 9.22. The van der Waals surface area contributed by atoms with Crippen LogP contribution in [0.5, 0.6) is 0 Å². The Hall–Kier alpha value is -1.33. The van der Waals surface area contributed by atoms with Gasteiger partial charge in [0.05, 0.1) is 11.2 Å². The molecule has 2 aromatic rings. The number of carbonyl (C=O) groups excluding carboxylic acids is 1. The molecule has 1 N–H and O–H groups in total. The monoisotopic (exact) mass is 327 g/mol. The van der Waals surface area contributed by atoms with E-state index in [9.17, 15) is 4.79 Å². The lowest BCUT2D eigenvalue weighted by Crippen LogP contribution is -2.22. The second-order valence-corrected chi connectivity index (χ2v) is 5.10. The number of aryl methyl sites for hydroxylation is 1. The fourth-order valence-corrected chi connectivity index (χ4v) is 1.91. The van der Waals surface area contributed by atoms with Crippen molar-refractivity contribution >= 4 is 33.4 Å². The number of amides is 1. The highest BCUT2D eigenvalue weighted by molar-refractivity contribution is 9.10. The summed E-state index contributed by atoms with van der Waals surface area (Å²) < 4.78 is 2.46. The van der Waals surface area contributed by atoms with Crippen molar-refractivity contribution < 1.29 is 4.79 Å². The molecule has 0 fully saturated rings. The van der Waals surface area contributed by atoms with Gasteiger partial charge in [0, 0.05) is 35.4 Å². The van der Waals surface area contributed by atoms with Gasteiger partial charge in [0.25, 0.3) is 5.91 Å². The molecule has 0 saturated carbocycles.